The largest absolute Gasteiger partial charge is 0.481 e. The van der Waals surface area contributed by atoms with Crippen LogP contribution in [-0.2, 0) is 21.2 Å². The third-order valence-corrected chi connectivity index (χ3v) is 5.04. The first-order chi connectivity index (χ1) is 12.2. The molecule has 6 nitrogen and oxygen atoms in total. The average molecular weight is 375 g/mol. The standard InChI is InChI=1S/C19H21NO5S/c1-14(19(22)23)12-20(13-15-7-4-3-5-8-15)18(21)16-9-6-10-17(11-16)26(2,24)25/h3-11,14H,12-13H2,1-2H3,(H,22,23). The second kappa shape index (κ2) is 8.14. The Bertz CT molecular complexity index is 893. The van der Waals surface area contributed by atoms with Crippen molar-refractivity contribution in [2.75, 3.05) is 12.8 Å². The SMILES string of the molecule is CC(CN(Cc1ccccc1)C(=O)c1cccc(S(C)(=O)=O)c1)C(=O)O. The van der Waals surface area contributed by atoms with Crippen molar-refractivity contribution in [1.82, 2.24) is 4.90 Å². The molecule has 2 aromatic rings. The van der Waals surface area contributed by atoms with Crippen molar-refractivity contribution < 1.29 is 23.1 Å². The Morgan fingerprint density at radius 1 is 1.08 bits per heavy atom. The van der Waals surface area contributed by atoms with E-state index < -0.39 is 27.6 Å². The van der Waals surface area contributed by atoms with E-state index in [9.17, 15) is 23.1 Å². The summed E-state index contributed by atoms with van der Waals surface area (Å²) >= 11 is 0. The van der Waals surface area contributed by atoms with Gasteiger partial charge in [-0.2, -0.15) is 0 Å². The van der Waals surface area contributed by atoms with Crippen molar-refractivity contribution in [2.24, 2.45) is 5.92 Å². The molecule has 0 radical (unpaired) electrons. The summed E-state index contributed by atoms with van der Waals surface area (Å²) in [7, 11) is -3.44. The molecule has 0 bridgehead atoms. The lowest BCUT2D eigenvalue weighted by Crippen LogP contribution is -2.36. The molecule has 0 saturated heterocycles. The van der Waals surface area contributed by atoms with Gasteiger partial charge in [0.1, 0.15) is 0 Å². The average Bonchev–Trinajstić information content (AvgIpc) is 2.60. The molecule has 26 heavy (non-hydrogen) atoms. The summed E-state index contributed by atoms with van der Waals surface area (Å²) in [6, 6.07) is 15.0. The maximum Gasteiger partial charge on any atom is 0.308 e. The highest BCUT2D eigenvalue weighted by Gasteiger charge is 2.23. The van der Waals surface area contributed by atoms with E-state index in [0.29, 0.717) is 0 Å². The Morgan fingerprint density at radius 3 is 2.31 bits per heavy atom. The lowest BCUT2D eigenvalue weighted by Gasteiger charge is -2.25. The molecule has 0 heterocycles. The highest BCUT2D eigenvalue weighted by atomic mass is 32.2. The predicted molar refractivity (Wildman–Crippen MR) is 97.5 cm³/mol. The zero-order chi connectivity index (χ0) is 19.3. The summed E-state index contributed by atoms with van der Waals surface area (Å²) in [5.41, 5.74) is 1.07. The number of carbonyl (C=O) groups is 2. The Kier molecular flexibility index (Phi) is 6.15. The number of carboxylic acid groups (broad SMARTS) is 1. The minimum atomic E-state index is -3.44. The van der Waals surface area contributed by atoms with E-state index in [4.69, 9.17) is 0 Å². The number of hydrogen-bond acceptors (Lipinski definition) is 4. The quantitative estimate of drug-likeness (QED) is 0.803. The number of sulfone groups is 1. The van der Waals surface area contributed by atoms with Gasteiger partial charge in [0.2, 0.25) is 0 Å². The number of hydrogen-bond donors (Lipinski definition) is 1. The van der Waals surface area contributed by atoms with Gasteiger partial charge in [0, 0.05) is 24.9 Å². The van der Waals surface area contributed by atoms with E-state index in [1.165, 1.54) is 36.1 Å². The molecule has 1 N–H and O–H groups in total. The number of benzene rings is 2. The number of amides is 1. The molecule has 1 amide bonds. The van der Waals surface area contributed by atoms with E-state index in [-0.39, 0.29) is 23.5 Å². The van der Waals surface area contributed by atoms with Gasteiger partial charge < -0.3 is 10.0 Å². The molecule has 0 aliphatic heterocycles. The zero-order valence-electron chi connectivity index (χ0n) is 14.6. The third kappa shape index (κ3) is 5.16. The highest BCUT2D eigenvalue weighted by molar-refractivity contribution is 7.90. The van der Waals surface area contributed by atoms with Crippen LogP contribution in [0.3, 0.4) is 0 Å². The predicted octanol–water partition coefficient (Wildman–Crippen LogP) is 2.45. The Hall–Kier alpha value is -2.67. The minimum absolute atomic E-state index is 0.0200. The molecule has 0 aromatic heterocycles. The van der Waals surface area contributed by atoms with Gasteiger partial charge in [-0.05, 0) is 23.8 Å². The molecule has 1 unspecified atom stereocenters. The Balaban J connectivity index is 2.34. The lowest BCUT2D eigenvalue weighted by atomic mass is 10.1. The molecule has 0 aliphatic rings. The summed E-state index contributed by atoms with van der Waals surface area (Å²) in [6.45, 7) is 1.78. The summed E-state index contributed by atoms with van der Waals surface area (Å²) in [5, 5.41) is 9.18. The molecule has 0 spiro atoms. The summed E-state index contributed by atoms with van der Waals surface area (Å²) in [6.07, 6.45) is 1.07. The van der Waals surface area contributed by atoms with Crippen molar-refractivity contribution >= 4 is 21.7 Å². The lowest BCUT2D eigenvalue weighted by molar-refractivity contribution is -0.141. The molecule has 2 rings (SSSR count). The van der Waals surface area contributed by atoms with Crippen molar-refractivity contribution in [1.29, 1.82) is 0 Å². The van der Waals surface area contributed by atoms with Gasteiger partial charge in [-0.15, -0.1) is 0 Å². The van der Waals surface area contributed by atoms with Crippen LogP contribution >= 0.6 is 0 Å². The molecule has 0 aliphatic carbocycles. The first-order valence-electron chi connectivity index (χ1n) is 8.04. The molecule has 7 heteroatoms. The minimum Gasteiger partial charge on any atom is -0.481 e. The third-order valence-electron chi connectivity index (χ3n) is 3.93. The molecular weight excluding hydrogens is 354 g/mol. The van der Waals surface area contributed by atoms with Crippen molar-refractivity contribution in [2.45, 2.75) is 18.4 Å². The van der Waals surface area contributed by atoms with Crippen LogP contribution in [-0.4, -0.2) is 43.1 Å². The zero-order valence-corrected chi connectivity index (χ0v) is 15.4. The fourth-order valence-corrected chi connectivity index (χ4v) is 3.14. The van der Waals surface area contributed by atoms with E-state index in [2.05, 4.69) is 0 Å². The number of aliphatic carboxylic acids is 1. The van der Waals surface area contributed by atoms with Gasteiger partial charge in [-0.3, -0.25) is 9.59 Å². The molecule has 1 atom stereocenters. The summed E-state index contributed by atoms with van der Waals surface area (Å²) in [4.78, 5) is 25.6. The second-order valence-electron chi connectivity index (χ2n) is 6.21. The van der Waals surface area contributed by atoms with Crippen LogP contribution < -0.4 is 0 Å². The summed E-state index contributed by atoms with van der Waals surface area (Å²) in [5.74, 6) is -2.16. The summed E-state index contributed by atoms with van der Waals surface area (Å²) < 4.78 is 23.5. The topological polar surface area (TPSA) is 91.8 Å². The number of nitrogens with zero attached hydrogens (tertiary/aromatic N) is 1. The van der Waals surface area contributed by atoms with E-state index in [1.807, 2.05) is 30.3 Å². The van der Waals surface area contributed by atoms with Crippen LogP contribution in [0, 0.1) is 5.92 Å². The fraction of sp³-hybridized carbons (Fsp3) is 0.263. The maximum absolute atomic E-state index is 12.9. The van der Waals surface area contributed by atoms with Crippen molar-refractivity contribution in [3.63, 3.8) is 0 Å². The van der Waals surface area contributed by atoms with Gasteiger partial charge in [0.15, 0.2) is 9.84 Å². The number of carbonyl (C=O) groups excluding carboxylic acids is 1. The first kappa shape index (κ1) is 19.7. The van der Waals surface area contributed by atoms with E-state index >= 15 is 0 Å². The normalized spacial score (nSPS) is 12.4. The van der Waals surface area contributed by atoms with Gasteiger partial charge >= 0.3 is 5.97 Å². The second-order valence-corrected chi connectivity index (χ2v) is 8.23. The molecule has 138 valence electrons. The maximum atomic E-state index is 12.9. The Labute approximate surface area is 153 Å². The number of carboxylic acids is 1. The van der Waals surface area contributed by atoms with Gasteiger partial charge in [0.05, 0.1) is 10.8 Å². The highest BCUT2D eigenvalue weighted by Crippen LogP contribution is 2.16. The van der Waals surface area contributed by atoms with Crippen LogP contribution in [0.4, 0.5) is 0 Å². The van der Waals surface area contributed by atoms with Gasteiger partial charge in [-0.1, -0.05) is 43.3 Å². The Morgan fingerprint density at radius 2 is 1.73 bits per heavy atom. The molecule has 0 saturated carbocycles. The molecular formula is C19H21NO5S. The van der Waals surface area contributed by atoms with Gasteiger partial charge in [-0.25, -0.2) is 8.42 Å². The fourth-order valence-electron chi connectivity index (χ4n) is 2.47. The monoisotopic (exact) mass is 375 g/mol. The van der Waals surface area contributed by atoms with Crippen LogP contribution in [0.15, 0.2) is 59.5 Å². The van der Waals surface area contributed by atoms with Crippen molar-refractivity contribution in [3.05, 3.63) is 65.7 Å². The molecule has 0 fully saturated rings. The first-order valence-corrected chi connectivity index (χ1v) is 9.93. The molecule has 2 aromatic carbocycles. The van der Waals surface area contributed by atoms with Crippen LogP contribution in [0.2, 0.25) is 0 Å². The van der Waals surface area contributed by atoms with Crippen LogP contribution in [0.1, 0.15) is 22.8 Å². The number of rotatable bonds is 7. The van der Waals surface area contributed by atoms with Gasteiger partial charge in [0.25, 0.3) is 5.91 Å². The van der Waals surface area contributed by atoms with Crippen LogP contribution in [0.5, 0.6) is 0 Å². The van der Waals surface area contributed by atoms with E-state index in [1.54, 1.807) is 0 Å². The van der Waals surface area contributed by atoms with Crippen LogP contribution in [0.25, 0.3) is 0 Å². The van der Waals surface area contributed by atoms with Crippen molar-refractivity contribution in [3.8, 4) is 0 Å². The smallest absolute Gasteiger partial charge is 0.308 e. The van der Waals surface area contributed by atoms with E-state index in [0.717, 1.165) is 11.8 Å².